The largest absolute Gasteiger partial charge is 0.351 e. The maximum atomic E-state index is 12.0. The van der Waals surface area contributed by atoms with Gasteiger partial charge >= 0.3 is 0 Å². The molecule has 3 rings (SSSR count). The van der Waals surface area contributed by atoms with E-state index in [1.165, 1.54) is 46.4 Å². The predicted octanol–water partition coefficient (Wildman–Crippen LogP) is 3.89. The lowest BCUT2D eigenvalue weighted by Crippen LogP contribution is -2.24. The minimum absolute atomic E-state index is 0.0914. The number of hydrogen-bond acceptors (Lipinski definition) is 2. The van der Waals surface area contributed by atoms with Crippen molar-refractivity contribution >= 4 is 17.7 Å². The molecule has 0 heterocycles. The Morgan fingerprint density at radius 1 is 1.14 bits per heavy atom. The van der Waals surface area contributed by atoms with Gasteiger partial charge in [-0.05, 0) is 60.6 Å². The summed E-state index contributed by atoms with van der Waals surface area (Å²) in [4.78, 5) is 13.2. The number of rotatable bonds is 5. The van der Waals surface area contributed by atoms with E-state index in [-0.39, 0.29) is 5.91 Å². The lowest BCUT2D eigenvalue weighted by Gasteiger charge is -2.08. The fraction of sp³-hybridized carbons (Fsp3) is 0.316. The zero-order chi connectivity index (χ0) is 15.4. The molecule has 0 unspecified atom stereocenters. The van der Waals surface area contributed by atoms with Crippen molar-refractivity contribution in [3.63, 3.8) is 0 Å². The number of fused-ring (bicyclic) bond motifs is 1. The molecule has 2 aromatic rings. The van der Waals surface area contributed by atoms with E-state index >= 15 is 0 Å². The van der Waals surface area contributed by atoms with E-state index in [0.29, 0.717) is 12.3 Å². The zero-order valence-corrected chi connectivity index (χ0v) is 13.7. The number of benzene rings is 2. The van der Waals surface area contributed by atoms with E-state index in [0.717, 1.165) is 0 Å². The Labute approximate surface area is 136 Å². The van der Waals surface area contributed by atoms with Gasteiger partial charge in [-0.3, -0.25) is 4.79 Å². The van der Waals surface area contributed by atoms with Crippen molar-refractivity contribution in [2.75, 3.05) is 5.75 Å². The first-order valence-electron chi connectivity index (χ1n) is 7.78. The van der Waals surface area contributed by atoms with Crippen LogP contribution in [0, 0.1) is 6.92 Å². The monoisotopic (exact) mass is 311 g/mol. The maximum absolute atomic E-state index is 12.0. The second kappa shape index (κ2) is 7.01. The molecule has 0 radical (unpaired) electrons. The third kappa shape index (κ3) is 3.72. The van der Waals surface area contributed by atoms with E-state index < -0.39 is 0 Å². The summed E-state index contributed by atoms with van der Waals surface area (Å²) in [7, 11) is 0. The fourth-order valence-corrected chi connectivity index (χ4v) is 3.63. The molecule has 22 heavy (non-hydrogen) atoms. The fourth-order valence-electron chi connectivity index (χ4n) is 2.84. The van der Waals surface area contributed by atoms with Crippen LogP contribution in [-0.2, 0) is 24.2 Å². The quantitative estimate of drug-likeness (QED) is 0.849. The summed E-state index contributed by atoms with van der Waals surface area (Å²) in [5.74, 6) is 0.568. The average molecular weight is 311 g/mol. The minimum Gasteiger partial charge on any atom is -0.351 e. The Morgan fingerprint density at radius 2 is 1.95 bits per heavy atom. The normalized spacial score (nSPS) is 13.0. The van der Waals surface area contributed by atoms with Gasteiger partial charge in [-0.25, -0.2) is 0 Å². The van der Waals surface area contributed by atoms with Gasteiger partial charge in [0.1, 0.15) is 0 Å². The molecule has 2 aromatic carbocycles. The van der Waals surface area contributed by atoms with Crippen molar-refractivity contribution in [1.82, 2.24) is 5.32 Å². The van der Waals surface area contributed by atoms with Crippen LogP contribution in [0.25, 0.3) is 0 Å². The van der Waals surface area contributed by atoms with Crippen LogP contribution in [0.3, 0.4) is 0 Å². The predicted molar refractivity (Wildman–Crippen MR) is 92.2 cm³/mol. The molecule has 1 N–H and O–H groups in total. The second-order valence-electron chi connectivity index (χ2n) is 5.78. The smallest absolute Gasteiger partial charge is 0.230 e. The van der Waals surface area contributed by atoms with Crippen LogP contribution in [0.1, 0.15) is 28.7 Å². The van der Waals surface area contributed by atoms with Crippen molar-refractivity contribution in [3.8, 4) is 0 Å². The van der Waals surface area contributed by atoms with Crippen molar-refractivity contribution in [2.24, 2.45) is 0 Å². The molecule has 0 saturated carbocycles. The number of nitrogens with one attached hydrogen (secondary N) is 1. The summed E-state index contributed by atoms with van der Waals surface area (Å²) in [6.45, 7) is 2.68. The summed E-state index contributed by atoms with van der Waals surface area (Å²) in [5, 5.41) is 3.00. The van der Waals surface area contributed by atoms with Crippen LogP contribution in [0.5, 0.6) is 0 Å². The molecule has 0 aromatic heterocycles. The first kappa shape index (κ1) is 15.2. The highest BCUT2D eigenvalue weighted by atomic mass is 32.2. The zero-order valence-electron chi connectivity index (χ0n) is 12.9. The maximum Gasteiger partial charge on any atom is 0.230 e. The van der Waals surface area contributed by atoms with E-state index in [1.807, 2.05) is 12.1 Å². The van der Waals surface area contributed by atoms with Gasteiger partial charge in [0.25, 0.3) is 0 Å². The van der Waals surface area contributed by atoms with Crippen molar-refractivity contribution in [3.05, 3.63) is 64.7 Å². The molecule has 0 atom stereocenters. The van der Waals surface area contributed by atoms with Gasteiger partial charge in [-0.2, -0.15) is 0 Å². The highest BCUT2D eigenvalue weighted by molar-refractivity contribution is 8.00. The van der Waals surface area contributed by atoms with Crippen LogP contribution in [-0.4, -0.2) is 11.7 Å². The number of carbonyl (C=O) groups excluding carboxylic acids is 1. The lowest BCUT2D eigenvalue weighted by molar-refractivity contribution is -0.118. The molecule has 1 aliphatic rings. The topological polar surface area (TPSA) is 29.1 Å². The summed E-state index contributed by atoms with van der Waals surface area (Å²) in [5.41, 5.74) is 5.34. The minimum atomic E-state index is 0.0914. The molecule has 0 bridgehead atoms. The first-order chi connectivity index (χ1) is 10.7. The first-order valence-corrected chi connectivity index (χ1v) is 8.77. The molecule has 3 heteroatoms. The van der Waals surface area contributed by atoms with Crippen molar-refractivity contribution < 1.29 is 4.79 Å². The summed E-state index contributed by atoms with van der Waals surface area (Å²) in [6.07, 6.45) is 3.65. The Kier molecular flexibility index (Phi) is 4.84. The SMILES string of the molecule is Cc1ccccc1CNC(=O)CSc1ccc2c(c1)CCC2. The van der Waals surface area contributed by atoms with Crippen molar-refractivity contribution in [2.45, 2.75) is 37.6 Å². The van der Waals surface area contributed by atoms with Crippen LogP contribution in [0.15, 0.2) is 47.4 Å². The number of carbonyl (C=O) groups is 1. The molecule has 0 saturated heterocycles. The summed E-state index contributed by atoms with van der Waals surface area (Å²) >= 11 is 1.62. The molecule has 1 amide bonds. The van der Waals surface area contributed by atoms with Gasteiger partial charge in [0.15, 0.2) is 0 Å². The van der Waals surface area contributed by atoms with Crippen LogP contribution >= 0.6 is 11.8 Å². The average Bonchev–Trinajstić information content (AvgIpc) is 2.99. The number of thioether (sulfide) groups is 1. The van der Waals surface area contributed by atoms with E-state index in [1.54, 1.807) is 11.8 Å². The molecule has 114 valence electrons. The van der Waals surface area contributed by atoms with E-state index in [2.05, 4.69) is 42.6 Å². The highest BCUT2D eigenvalue weighted by Crippen LogP contribution is 2.27. The van der Waals surface area contributed by atoms with Crippen LogP contribution in [0.4, 0.5) is 0 Å². The Hall–Kier alpha value is -1.74. The van der Waals surface area contributed by atoms with E-state index in [4.69, 9.17) is 0 Å². The molecular weight excluding hydrogens is 290 g/mol. The Balaban J connectivity index is 1.49. The summed E-state index contributed by atoms with van der Waals surface area (Å²) in [6, 6.07) is 14.8. The molecule has 2 nitrogen and oxygen atoms in total. The standard InChI is InChI=1S/C19H21NOS/c1-14-5-2-3-6-17(14)12-20-19(21)13-22-18-10-9-15-7-4-8-16(15)11-18/h2-3,5-6,9-11H,4,7-8,12-13H2,1H3,(H,20,21). The molecule has 0 fully saturated rings. The van der Waals surface area contributed by atoms with Gasteiger partial charge in [0, 0.05) is 11.4 Å². The number of aryl methyl sites for hydroxylation is 3. The number of hydrogen-bond donors (Lipinski definition) is 1. The molecule has 0 aliphatic heterocycles. The second-order valence-corrected chi connectivity index (χ2v) is 6.82. The molecular formula is C19H21NOS. The van der Waals surface area contributed by atoms with Gasteiger partial charge in [-0.1, -0.05) is 30.3 Å². The molecule has 1 aliphatic carbocycles. The number of amides is 1. The third-order valence-corrected chi connectivity index (χ3v) is 5.17. The lowest BCUT2D eigenvalue weighted by atomic mass is 10.1. The van der Waals surface area contributed by atoms with Gasteiger partial charge < -0.3 is 5.32 Å². The molecule has 0 spiro atoms. The van der Waals surface area contributed by atoms with Gasteiger partial charge in [-0.15, -0.1) is 11.8 Å². The van der Waals surface area contributed by atoms with Gasteiger partial charge in [0.2, 0.25) is 5.91 Å². The van der Waals surface area contributed by atoms with Crippen molar-refractivity contribution in [1.29, 1.82) is 0 Å². The third-order valence-electron chi connectivity index (χ3n) is 4.18. The van der Waals surface area contributed by atoms with Crippen LogP contribution in [0.2, 0.25) is 0 Å². The Morgan fingerprint density at radius 3 is 2.82 bits per heavy atom. The van der Waals surface area contributed by atoms with E-state index in [9.17, 15) is 4.79 Å². The highest BCUT2D eigenvalue weighted by Gasteiger charge is 2.11. The van der Waals surface area contributed by atoms with Crippen LogP contribution < -0.4 is 5.32 Å². The Bertz CT molecular complexity index is 681. The summed E-state index contributed by atoms with van der Waals surface area (Å²) < 4.78 is 0. The van der Waals surface area contributed by atoms with Gasteiger partial charge in [0.05, 0.1) is 5.75 Å².